The minimum Gasteiger partial charge on any atom is -0.505 e. The summed E-state index contributed by atoms with van der Waals surface area (Å²) >= 11 is 0. The number of rotatable bonds is 7. The highest BCUT2D eigenvalue weighted by molar-refractivity contribution is 7.86. The lowest BCUT2D eigenvalue weighted by atomic mass is 10.1. The van der Waals surface area contributed by atoms with Gasteiger partial charge in [-0.15, -0.1) is 10.2 Å². The molecule has 0 aliphatic carbocycles. The first kappa shape index (κ1) is 32.0. The van der Waals surface area contributed by atoms with Crippen molar-refractivity contribution in [2.75, 3.05) is 11.5 Å². The van der Waals surface area contributed by atoms with Crippen molar-refractivity contribution in [2.24, 2.45) is 20.5 Å². The van der Waals surface area contributed by atoms with Crippen molar-refractivity contribution < 1.29 is 36.2 Å². The van der Waals surface area contributed by atoms with Crippen LogP contribution in [0.2, 0.25) is 0 Å². The maximum Gasteiger partial charge on any atom is 0.295 e. The van der Waals surface area contributed by atoms with E-state index >= 15 is 0 Å². The number of benzene rings is 6. The normalized spacial score (nSPS) is 12.5. The van der Waals surface area contributed by atoms with Crippen molar-refractivity contribution in [3.8, 4) is 22.6 Å². The molecule has 0 unspecified atom stereocenters. The second-order valence-electron chi connectivity index (χ2n) is 10.5. The van der Waals surface area contributed by atoms with Crippen LogP contribution in [0.3, 0.4) is 0 Å². The van der Waals surface area contributed by atoms with Crippen LogP contribution in [-0.4, -0.2) is 36.2 Å². The first-order valence-corrected chi connectivity index (χ1v) is 16.7. The SMILES string of the molecule is Nc1ccc(S(=O)(=O)O)c2ccc(N=Nc3ccc(-c4ccc(N=Nc5ccc6c(S(=O)(=O)O)ccc(N)c6c5O)cc4)cc3)c(O)c12. The maximum absolute atomic E-state index is 11.7. The molecule has 0 radical (unpaired) electrons. The Labute approximate surface area is 272 Å². The summed E-state index contributed by atoms with van der Waals surface area (Å²) in [6, 6.07) is 24.3. The highest BCUT2D eigenvalue weighted by Crippen LogP contribution is 2.42. The molecule has 48 heavy (non-hydrogen) atoms. The Bertz CT molecular complexity index is 2360. The largest absolute Gasteiger partial charge is 0.505 e. The monoisotopic (exact) mass is 684 g/mol. The highest BCUT2D eigenvalue weighted by atomic mass is 32.2. The smallest absolute Gasteiger partial charge is 0.295 e. The summed E-state index contributed by atoms with van der Waals surface area (Å²) in [6.45, 7) is 0. The number of phenols is 2. The Kier molecular flexibility index (Phi) is 8.01. The van der Waals surface area contributed by atoms with Gasteiger partial charge in [-0.3, -0.25) is 9.11 Å². The van der Waals surface area contributed by atoms with Gasteiger partial charge in [0, 0.05) is 22.1 Å². The van der Waals surface area contributed by atoms with Gasteiger partial charge < -0.3 is 21.7 Å². The second kappa shape index (κ2) is 12.0. The van der Waals surface area contributed by atoms with Gasteiger partial charge >= 0.3 is 0 Å². The molecule has 6 aromatic rings. The average molecular weight is 685 g/mol. The van der Waals surface area contributed by atoms with E-state index in [0.29, 0.717) is 11.4 Å². The summed E-state index contributed by atoms with van der Waals surface area (Å²) in [7, 11) is -9.11. The maximum atomic E-state index is 11.7. The van der Waals surface area contributed by atoms with Crippen LogP contribution in [0.4, 0.5) is 34.1 Å². The number of nitrogens with zero attached hydrogens (tertiary/aromatic N) is 4. The number of hydrogen-bond acceptors (Lipinski definition) is 12. The lowest BCUT2D eigenvalue weighted by molar-refractivity contribution is 0.480. The summed E-state index contributed by atoms with van der Waals surface area (Å²) in [5, 5.41) is 38.1. The number of aromatic hydroxyl groups is 2. The molecule has 14 nitrogen and oxygen atoms in total. The van der Waals surface area contributed by atoms with Crippen LogP contribution in [0.25, 0.3) is 32.7 Å². The number of nitrogens with two attached hydrogens (primary N) is 2. The molecule has 0 aromatic heterocycles. The second-order valence-corrected chi connectivity index (χ2v) is 13.2. The zero-order valence-corrected chi connectivity index (χ0v) is 26.1. The summed E-state index contributed by atoms with van der Waals surface area (Å²) in [4.78, 5) is -0.794. The molecule has 6 rings (SSSR count). The van der Waals surface area contributed by atoms with Crippen molar-refractivity contribution >= 4 is 75.9 Å². The molecule has 0 saturated carbocycles. The predicted molar refractivity (Wildman–Crippen MR) is 180 cm³/mol. The van der Waals surface area contributed by atoms with Crippen LogP contribution >= 0.6 is 0 Å². The van der Waals surface area contributed by atoms with E-state index < -0.39 is 30.0 Å². The van der Waals surface area contributed by atoms with Crippen molar-refractivity contribution in [3.63, 3.8) is 0 Å². The van der Waals surface area contributed by atoms with Gasteiger partial charge in [-0.05, 0) is 71.8 Å². The number of hydrogen-bond donors (Lipinski definition) is 6. The summed E-state index contributed by atoms with van der Waals surface area (Å²) in [5.41, 5.74) is 14.8. The average Bonchev–Trinajstić information content (AvgIpc) is 3.03. The number of phenolic OH excluding ortho intramolecular Hbond substituents is 2. The zero-order valence-electron chi connectivity index (χ0n) is 24.4. The highest BCUT2D eigenvalue weighted by Gasteiger charge is 2.20. The van der Waals surface area contributed by atoms with E-state index in [1.165, 1.54) is 36.4 Å². The summed E-state index contributed by atoms with van der Waals surface area (Å²) in [5.74, 6) is -0.779. The Morgan fingerprint density at radius 3 is 1.15 bits per heavy atom. The van der Waals surface area contributed by atoms with Crippen LogP contribution in [0, 0.1) is 0 Å². The molecule has 8 N–H and O–H groups in total. The van der Waals surface area contributed by atoms with Gasteiger partial charge in [0.2, 0.25) is 0 Å². The van der Waals surface area contributed by atoms with E-state index in [1.807, 2.05) is 0 Å². The van der Waals surface area contributed by atoms with E-state index in [4.69, 9.17) is 11.5 Å². The standard InChI is InChI=1S/C32H24N6O8S2/c33-23-11-15-27(47(41,42)43)21-9-13-25(31(39)29(21)23)37-35-19-5-1-17(2-6-19)18-3-7-20(8-4-18)36-38-26-14-10-22-28(48(44,45)46)16-12-24(34)30(22)32(26)40/h1-16,39-40H,33-34H2,(H,41,42,43)(H,44,45,46). The number of anilines is 2. The van der Waals surface area contributed by atoms with E-state index in [9.17, 15) is 36.2 Å². The van der Waals surface area contributed by atoms with Gasteiger partial charge in [0.1, 0.15) is 21.2 Å². The molecule has 6 aromatic carbocycles. The van der Waals surface area contributed by atoms with Gasteiger partial charge in [-0.2, -0.15) is 27.1 Å². The Hall–Kier alpha value is -5.94. The molecule has 0 fully saturated rings. The fraction of sp³-hybridized carbons (Fsp3) is 0. The van der Waals surface area contributed by atoms with E-state index in [1.54, 1.807) is 48.5 Å². The molecular formula is C32H24N6O8S2. The molecule has 0 bridgehead atoms. The Balaban J connectivity index is 1.20. The van der Waals surface area contributed by atoms with Crippen LogP contribution in [0.5, 0.6) is 11.5 Å². The fourth-order valence-electron chi connectivity index (χ4n) is 5.11. The fourth-order valence-corrected chi connectivity index (χ4v) is 6.48. The minimum absolute atomic E-state index is 0.0212. The molecule has 0 atom stereocenters. The third-order valence-electron chi connectivity index (χ3n) is 7.42. The lowest BCUT2D eigenvalue weighted by Crippen LogP contribution is -2.00. The predicted octanol–water partition coefficient (Wildman–Crippen LogP) is 7.56. The van der Waals surface area contributed by atoms with E-state index in [-0.39, 0.29) is 55.8 Å². The zero-order chi connectivity index (χ0) is 34.4. The topological polar surface area (TPSA) is 251 Å². The van der Waals surface area contributed by atoms with Gasteiger partial charge in [0.25, 0.3) is 20.2 Å². The van der Waals surface area contributed by atoms with Crippen LogP contribution in [0.1, 0.15) is 0 Å². The quantitative estimate of drug-likeness (QED) is 0.0546. The molecule has 0 amide bonds. The van der Waals surface area contributed by atoms with Gasteiger partial charge in [-0.1, -0.05) is 36.4 Å². The number of nitrogen functional groups attached to an aromatic ring is 2. The van der Waals surface area contributed by atoms with Crippen molar-refractivity contribution in [3.05, 3.63) is 97.1 Å². The van der Waals surface area contributed by atoms with Gasteiger partial charge in [0.05, 0.1) is 22.1 Å². The molecule has 242 valence electrons. The molecule has 16 heteroatoms. The van der Waals surface area contributed by atoms with E-state index in [0.717, 1.165) is 23.3 Å². The van der Waals surface area contributed by atoms with Crippen LogP contribution in [0.15, 0.2) is 127 Å². The molecule has 0 spiro atoms. The van der Waals surface area contributed by atoms with Gasteiger partial charge in [0.15, 0.2) is 11.5 Å². The van der Waals surface area contributed by atoms with Crippen LogP contribution in [-0.2, 0) is 20.2 Å². The van der Waals surface area contributed by atoms with Gasteiger partial charge in [-0.25, -0.2) is 0 Å². The van der Waals surface area contributed by atoms with Crippen molar-refractivity contribution in [2.45, 2.75) is 9.79 Å². The molecule has 0 aliphatic heterocycles. The summed E-state index contributed by atoms with van der Waals surface area (Å²) < 4.78 is 66.0. The summed E-state index contributed by atoms with van der Waals surface area (Å²) in [6.07, 6.45) is 0. The Morgan fingerprint density at radius 2 is 0.812 bits per heavy atom. The first-order valence-electron chi connectivity index (χ1n) is 13.8. The minimum atomic E-state index is -4.56. The van der Waals surface area contributed by atoms with Crippen molar-refractivity contribution in [1.29, 1.82) is 0 Å². The molecular weight excluding hydrogens is 661 g/mol. The van der Waals surface area contributed by atoms with E-state index in [2.05, 4.69) is 20.5 Å². The number of azo groups is 2. The molecule has 0 aliphatic rings. The van der Waals surface area contributed by atoms with Crippen LogP contribution < -0.4 is 11.5 Å². The lowest BCUT2D eigenvalue weighted by Gasteiger charge is -2.10. The molecule has 0 saturated heterocycles. The molecule has 0 heterocycles. The third kappa shape index (κ3) is 6.10. The Morgan fingerprint density at radius 1 is 0.458 bits per heavy atom. The number of fused-ring (bicyclic) bond motifs is 2. The van der Waals surface area contributed by atoms with Crippen molar-refractivity contribution in [1.82, 2.24) is 0 Å². The first-order chi connectivity index (χ1) is 22.7. The third-order valence-corrected chi connectivity index (χ3v) is 9.24.